The predicted octanol–water partition coefficient (Wildman–Crippen LogP) is 7.27. The number of aryl methyl sites for hydroxylation is 1. The Kier molecular flexibility index (Phi) is 5.60. The van der Waals surface area contributed by atoms with Crippen LogP contribution in [0.4, 0.5) is 17.1 Å². The highest BCUT2D eigenvalue weighted by molar-refractivity contribution is 5.97. The maximum atomic E-state index is 13.3. The second-order valence-corrected chi connectivity index (χ2v) is 10.3. The van der Waals surface area contributed by atoms with Gasteiger partial charge in [-0.05, 0) is 74.7 Å². The molecule has 2 unspecified atom stereocenters. The number of carbonyl (C=O) groups excluding carboxylic acids is 1. The van der Waals surface area contributed by atoms with Crippen LogP contribution in [-0.2, 0) is 15.1 Å². The van der Waals surface area contributed by atoms with Gasteiger partial charge in [0.2, 0.25) is 0 Å². The van der Waals surface area contributed by atoms with Crippen LogP contribution in [0.25, 0.3) is 0 Å². The molecule has 4 aromatic carbocycles. The zero-order valence-electron chi connectivity index (χ0n) is 22.1. The van der Waals surface area contributed by atoms with E-state index in [4.69, 9.17) is 14.2 Å². The van der Waals surface area contributed by atoms with Gasteiger partial charge in [0, 0.05) is 53.0 Å². The summed E-state index contributed by atoms with van der Waals surface area (Å²) in [7, 11) is 0. The van der Waals surface area contributed by atoms with E-state index < -0.39 is 5.60 Å². The summed E-state index contributed by atoms with van der Waals surface area (Å²) in [4.78, 5) is 15.6. The molecule has 39 heavy (non-hydrogen) atoms. The first-order chi connectivity index (χ1) is 19.1. The maximum Gasteiger partial charge on any atom is 0.340 e. The Hall–Kier alpha value is -4.29. The number of ether oxygens (including phenoxy) is 3. The molecule has 1 saturated heterocycles. The Morgan fingerprint density at radius 2 is 1.72 bits per heavy atom. The molecule has 2 atom stereocenters. The molecule has 0 saturated carbocycles. The van der Waals surface area contributed by atoms with E-state index in [2.05, 4.69) is 42.3 Å². The van der Waals surface area contributed by atoms with Gasteiger partial charge in [0.25, 0.3) is 0 Å². The van der Waals surface area contributed by atoms with E-state index in [1.54, 1.807) is 0 Å². The number of carbonyl (C=O) groups is 1. The predicted molar refractivity (Wildman–Crippen MR) is 151 cm³/mol. The first-order valence-electron chi connectivity index (χ1n) is 13.6. The van der Waals surface area contributed by atoms with E-state index in [1.807, 2.05) is 66.7 Å². The Bertz CT molecular complexity index is 1580. The minimum atomic E-state index is -1.11. The Labute approximate surface area is 228 Å². The van der Waals surface area contributed by atoms with Crippen LogP contribution < -0.4 is 15.0 Å². The number of anilines is 3. The van der Waals surface area contributed by atoms with Gasteiger partial charge in [0.05, 0.1) is 5.56 Å². The number of nitrogens with zero attached hydrogens (tertiary/aromatic N) is 1. The molecule has 0 amide bonds. The van der Waals surface area contributed by atoms with Gasteiger partial charge in [0.1, 0.15) is 17.7 Å². The molecule has 0 aliphatic carbocycles. The lowest BCUT2D eigenvalue weighted by Crippen LogP contribution is -2.36. The van der Waals surface area contributed by atoms with Gasteiger partial charge < -0.3 is 24.4 Å². The van der Waals surface area contributed by atoms with Crippen molar-refractivity contribution >= 4 is 23.0 Å². The summed E-state index contributed by atoms with van der Waals surface area (Å²) in [5.74, 6) is 1.03. The van der Waals surface area contributed by atoms with Gasteiger partial charge in [-0.15, -0.1) is 0 Å². The van der Waals surface area contributed by atoms with E-state index in [0.717, 1.165) is 65.3 Å². The molecule has 6 heteroatoms. The number of hydrogen-bond donors (Lipinski definition) is 1. The smallest absolute Gasteiger partial charge is 0.340 e. The van der Waals surface area contributed by atoms with Crippen molar-refractivity contribution in [2.75, 3.05) is 23.4 Å². The molecule has 3 aliphatic rings. The fraction of sp³-hybridized carbons (Fsp3) is 0.242. The minimum absolute atomic E-state index is 0.0526. The van der Waals surface area contributed by atoms with Crippen LogP contribution in [0.3, 0.4) is 0 Å². The van der Waals surface area contributed by atoms with E-state index in [9.17, 15) is 4.79 Å². The van der Waals surface area contributed by atoms with Crippen molar-refractivity contribution in [3.63, 3.8) is 0 Å². The van der Waals surface area contributed by atoms with Crippen LogP contribution in [0.15, 0.2) is 84.9 Å². The van der Waals surface area contributed by atoms with E-state index >= 15 is 0 Å². The van der Waals surface area contributed by atoms with E-state index in [0.29, 0.717) is 17.1 Å². The third kappa shape index (κ3) is 3.70. The van der Waals surface area contributed by atoms with Crippen LogP contribution in [0.1, 0.15) is 52.4 Å². The zero-order valence-corrected chi connectivity index (χ0v) is 22.1. The number of nitrogens with one attached hydrogen (secondary N) is 1. The molecular weight excluding hydrogens is 488 g/mol. The highest BCUT2D eigenvalue weighted by Gasteiger charge is 2.53. The molecule has 6 nitrogen and oxygen atoms in total. The van der Waals surface area contributed by atoms with Gasteiger partial charge in [-0.2, -0.15) is 0 Å². The van der Waals surface area contributed by atoms with Crippen molar-refractivity contribution in [3.05, 3.63) is 113 Å². The second kappa shape index (κ2) is 9.17. The number of hydrogen-bond acceptors (Lipinski definition) is 6. The van der Waals surface area contributed by atoms with Crippen LogP contribution in [-0.4, -0.2) is 25.3 Å². The largest absolute Gasteiger partial charge is 0.456 e. The summed E-state index contributed by atoms with van der Waals surface area (Å²) in [5, 5.41) is 3.53. The highest BCUT2D eigenvalue weighted by atomic mass is 16.6. The van der Waals surface area contributed by atoms with Gasteiger partial charge >= 0.3 is 5.97 Å². The fourth-order valence-electron chi connectivity index (χ4n) is 6.16. The lowest BCUT2D eigenvalue weighted by Gasteiger charge is -2.38. The topological polar surface area (TPSA) is 60.0 Å². The molecule has 4 aromatic rings. The Balaban J connectivity index is 1.41. The van der Waals surface area contributed by atoms with Crippen LogP contribution in [0.5, 0.6) is 11.5 Å². The van der Waals surface area contributed by atoms with Gasteiger partial charge in [0.15, 0.2) is 5.60 Å². The SMILES string of the molecule is CCN(c1ccc2c(c1)Oc1cc(C)c(Nc3ccccc3)cc1C21OC(=O)c2ccccc21)C1CCCO1. The number of esters is 1. The van der Waals surface area contributed by atoms with Crippen LogP contribution >= 0.6 is 0 Å². The normalized spacial score (nSPS) is 20.6. The number of fused-ring (bicyclic) bond motifs is 6. The maximum absolute atomic E-state index is 13.3. The average molecular weight is 519 g/mol. The summed E-state index contributed by atoms with van der Waals surface area (Å²) < 4.78 is 19.0. The molecule has 0 bridgehead atoms. The molecule has 3 aliphatic heterocycles. The number of rotatable bonds is 5. The van der Waals surface area contributed by atoms with Crippen LogP contribution in [0.2, 0.25) is 0 Å². The standard InChI is InChI=1S/C33H30N2O4/c1-3-35(31-14-9-17-37-31)23-15-16-26-30(19-23)38-29-18-21(2)28(34-22-10-5-4-6-11-22)20-27(29)33(26)25-13-8-7-12-24(25)32(36)39-33/h4-8,10-13,15-16,18-20,31,34H,3,9,14,17H2,1-2H3. The van der Waals surface area contributed by atoms with E-state index in [1.165, 1.54) is 0 Å². The quantitative estimate of drug-likeness (QED) is 0.281. The summed E-state index contributed by atoms with van der Waals surface area (Å²) in [6.07, 6.45) is 2.11. The summed E-state index contributed by atoms with van der Waals surface area (Å²) in [6.45, 7) is 5.79. The monoisotopic (exact) mass is 518 g/mol. The first kappa shape index (κ1) is 23.8. The van der Waals surface area contributed by atoms with Crippen molar-refractivity contribution in [3.8, 4) is 11.5 Å². The lowest BCUT2D eigenvalue weighted by atomic mass is 9.77. The molecule has 0 radical (unpaired) electrons. The van der Waals surface area contributed by atoms with Crippen molar-refractivity contribution in [1.29, 1.82) is 0 Å². The first-order valence-corrected chi connectivity index (χ1v) is 13.6. The zero-order chi connectivity index (χ0) is 26.6. The number of benzene rings is 4. The molecule has 1 N–H and O–H groups in total. The summed E-state index contributed by atoms with van der Waals surface area (Å²) >= 11 is 0. The third-order valence-corrected chi connectivity index (χ3v) is 8.02. The van der Waals surface area contributed by atoms with Gasteiger partial charge in [-0.25, -0.2) is 4.79 Å². The highest BCUT2D eigenvalue weighted by Crippen LogP contribution is 2.57. The van der Waals surface area contributed by atoms with Gasteiger partial charge in [-0.3, -0.25) is 0 Å². The summed E-state index contributed by atoms with van der Waals surface area (Å²) in [6, 6.07) is 28.0. The van der Waals surface area contributed by atoms with Crippen molar-refractivity contribution in [2.24, 2.45) is 0 Å². The van der Waals surface area contributed by atoms with Gasteiger partial charge in [-0.1, -0.05) is 36.4 Å². The van der Waals surface area contributed by atoms with Crippen molar-refractivity contribution in [1.82, 2.24) is 0 Å². The van der Waals surface area contributed by atoms with Crippen molar-refractivity contribution in [2.45, 2.75) is 38.5 Å². The number of para-hydroxylation sites is 1. The molecule has 1 fully saturated rings. The van der Waals surface area contributed by atoms with Crippen molar-refractivity contribution < 1.29 is 19.0 Å². The second-order valence-electron chi connectivity index (χ2n) is 10.3. The molecular formula is C33H30N2O4. The third-order valence-electron chi connectivity index (χ3n) is 8.02. The minimum Gasteiger partial charge on any atom is -0.456 e. The lowest BCUT2D eigenvalue weighted by molar-refractivity contribution is 0.0224. The molecule has 7 rings (SSSR count). The molecule has 3 heterocycles. The Morgan fingerprint density at radius 1 is 0.923 bits per heavy atom. The van der Waals surface area contributed by atoms with Crippen LogP contribution in [0, 0.1) is 6.92 Å². The molecule has 196 valence electrons. The summed E-state index contributed by atoms with van der Waals surface area (Å²) in [5.41, 5.74) is 5.87. The average Bonchev–Trinajstić information content (AvgIpc) is 3.58. The molecule has 0 aromatic heterocycles. The van der Waals surface area contributed by atoms with E-state index in [-0.39, 0.29) is 12.2 Å². The fourth-order valence-corrected chi connectivity index (χ4v) is 6.16. The molecule has 1 spiro atoms. The Morgan fingerprint density at radius 3 is 2.51 bits per heavy atom.